The van der Waals surface area contributed by atoms with Gasteiger partial charge in [-0.3, -0.25) is 0 Å². The maximum atomic E-state index is 13.3. The van der Waals surface area contributed by atoms with Gasteiger partial charge in [-0.2, -0.15) is 0 Å². The van der Waals surface area contributed by atoms with Crippen molar-refractivity contribution in [3.63, 3.8) is 0 Å². The predicted molar refractivity (Wildman–Crippen MR) is 174 cm³/mol. The van der Waals surface area contributed by atoms with E-state index < -0.39 is 40.1 Å². The Morgan fingerprint density at radius 3 is 2.02 bits per heavy atom. The van der Waals surface area contributed by atoms with Gasteiger partial charge in [0, 0.05) is 31.6 Å². The van der Waals surface area contributed by atoms with E-state index in [1.54, 1.807) is 21.1 Å². The molecule has 251 valence electrons. The number of carboxylic acids is 1. The molecular formula is C34H58NO8Si. The fraction of sp³-hybridized carbons (Fsp3) is 0.765. The summed E-state index contributed by atoms with van der Waals surface area (Å²) in [6.45, 7) is 22.5. The van der Waals surface area contributed by atoms with Crippen molar-refractivity contribution < 1.29 is 38.1 Å². The fourth-order valence-electron chi connectivity index (χ4n) is 6.24. The molecule has 3 radical (unpaired) electrons. The average molecular weight is 637 g/mol. The lowest BCUT2D eigenvalue weighted by molar-refractivity contribution is -0.174. The Balaban J connectivity index is 3.63. The summed E-state index contributed by atoms with van der Waals surface area (Å²) in [4.78, 5) is 26.0. The SMILES string of the molecule is COCCCOc1cc(C[C@@H](C[C@H](NC(=O)OC(C)(C)C)[C@@H](C(C)(C)C)C(C)(C)[C@@](C)(O[Si])C(=O)O)C(C)C)ccc1OC. The number of nitrogens with one attached hydrogen (secondary N) is 1. The number of hydrogen-bond donors (Lipinski definition) is 2. The number of rotatable bonds is 17. The molecule has 0 aliphatic heterocycles. The number of carboxylic acid groups (broad SMARTS) is 1. The van der Waals surface area contributed by atoms with Crippen molar-refractivity contribution in [2.75, 3.05) is 27.4 Å². The van der Waals surface area contributed by atoms with Gasteiger partial charge in [0.05, 0.1) is 13.7 Å². The van der Waals surface area contributed by atoms with Crippen molar-refractivity contribution in [3.8, 4) is 11.5 Å². The highest BCUT2D eigenvalue weighted by Gasteiger charge is 2.57. The van der Waals surface area contributed by atoms with Gasteiger partial charge in [0.15, 0.2) is 17.1 Å². The topological polar surface area (TPSA) is 113 Å². The van der Waals surface area contributed by atoms with Crippen LogP contribution in [0.15, 0.2) is 18.2 Å². The number of hydrogen-bond acceptors (Lipinski definition) is 7. The number of benzene rings is 1. The zero-order valence-corrected chi connectivity index (χ0v) is 30.4. The van der Waals surface area contributed by atoms with E-state index in [0.29, 0.717) is 37.6 Å². The van der Waals surface area contributed by atoms with Crippen LogP contribution in [-0.2, 0) is 25.1 Å². The molecule has 0 aliphatic rings. The molecule has 1 rings (SSSR count). The van der Waals surface area contributed by atoms with E-state index >= 15 is 0 Å². The van der Waals surface area contributed by atoms with Crippen LogP contribution < -0.4 is 14.8 Å². The molecule has 0 saturated heterocycles. The zero-order valence-electron chi connectivity index (χ0n) is 29.4. The molecule has 0 bridgehead atoms. The van der Waals surface area contributed by atoms with Crippen LogP contribution in [0.25, 0.3) is 0 Å². The van der Waals surface area contributed by atoms with Gasteiger partial charge < -0.3 is 33.8 Å². The lowest BCUT2D eigenvalue weighted by Crippen LogP contribution is -2.62. The van der Waals surface area contributed by atoms with Gasteiger partial charge in [-0.1, -0.05) is 54.5 Å². The van der Waals surface area contributed by atoms with Crippen LogP contribution in [-0.4, -0.2) is 72.3 Å². The quantitative estimate of drug-likeness (QED) is 0.141. The molecule has 44 heavy (non-hydrogen) atoms. The normalized spacial score (nSPS) is 16.1. The molecule has 0 aliphatic carbocycles. The molecule has 0 aromatic heterocycles. The Labute approximate surface area is 269 Å². The Morgan fingerprint density at radius 2 is 1.57 bits per heavy atom. The predicted octanol–water partition coefficient (Wildman–Crippen LogP) is 6.84. The fourth-order valence-corrected chi connectivity index (χ4v) is 6.59. The summed E-state index contributed by atoms with van der Waals surface area (Å²) in [6.07, 6.45) is 1.51. The van der Waals surface area contributed by atoms with Gasteiger partial charge >= 0.3 is 12.1 Å². The van der Waals surface area contributed by atoms with Gasteiger partial charge in [-0.15, -0.1) is 0 Å². The molecule has 1 amide bonds. The molecular weight excluding hydrogens is 578 g/mol. The van der Waals surface area contributed by atoms with Crippen LogP contribution in [0, 0.1) is 28.6 Å². The van der Waals surface area contributed by atoms with Crippen LogP contribution >= 0.6 is 0 Å². The van der Waals surface area contributed by atoms with Crippen LogP contribution in [0.4, 0.5) is 4.79 Å². The van der Waals surface area contributed by atoms with Crippen molar-refractivity contribution in [1.29, 1.82) is 0 Å². The summed E-state index contributed by atoms with van der Waals surface area (Å²) >= 11 is 0. The van der Waals surface area contributed by atoms with E-state index in [-0.39, 0.29) is 17.8 Å². The van der Waals surface area contributed by atoms with Crippen LogP contribution in [0.1, 0.15) is 94.6 Å². The molecule has 0 spiro atoms. The standard InChI is InChI=1S/C34H58NO8Si/c1-22(2)24(19-23-15-16-26(40-13)27(20-23)41-18-14-17-39-12)21-25(35-30(38)42-32(6,7)8)28(31(3,4)5)33(9,10)34(11,43-44)29(36)37/h15-16,20,22,24-25,28H,14,17-19,21H2,1-13H3,(H,35,38)(H,36,37)/t24-,25-,28-,34-/m0/s1. The minimum atomic E-state index is -1.60. The average Bonchev–Trinajstić information content (AvgIpc) is 2.87. The van der Waals surface area contributed by atoms with Crippen LogP contribution in [0.5, 0.6) is 11.5 Å². The first kappa shape index (κ1) is 39.7. The Bertz CT molecular complexity index is 1060. The van der Waals surface area contributed by atoms with Gasteiger partial charge in [-0.05, 0) is 81.4 Å². The Morgan fingerprint density at radius 1 is 0.955 bits per heavy atom. The molecule has 0 unspecified atom stereocenters. The second-order valence-electron chi connectivity index (χ2n) is 14.9. The van der Waals surface area contributed by atoms with E-state index in [4.69, 9.17) is 23.4 Å². The first-order valence-corrected chi connectivity index (χ1v) is 15.9. The molecule has 9 nitrogen and oxygen atoms in total. The first-order chi connectivity index (χ1) is 20.1. The zero-order chi connectivity index (χ0) is 34.1. The number of aliphatic carboxylic acids is 1. The number of ether oxygens (including phenoxy) is 4. The van der Waals surface area contributed by atoms with Crippen LogP contribution in [0.2, 0.25) is 0 Å². The molecule has 0 fully saturated rings. The Hall–Kier alpha value is -2.30. The lowest BCUT2D eigenvalue weighted by Gasteiger charge is -2.53. The van der Waals surface area contributed by atoms with Crippen molar-refractivity contribution in [3.05, 3.63) is 23.8 Å². The summed E-state index contributed by atoms with van der Waals surface area (Å²) in [5.74, 6) is 0.246. The number of alkyl carbamates (subject to hydrolysis) is 1. The van der Waals surface area contributed by atoms with Crippen molar-refractivity contribution in [2.45, 2.75) is 113 Å². The third-order valence-corrected chi connectivity index (χ3v) is 9.04. The minimum Gasteiger partial charge on any atom is -0.493 e. The third-order valence-electron chi connectivity index (χ3n) is 8.63. The summed E-state index contributed by atoms with van der Waals surface area (Å²) in [7, 11) is 6.37. The first-order valence-electron chi connectivity index (χ1n) is 15.5. The number of carbonyl (C=O) groups is 2. The van der Waals surface area contributed by atoms with E-state index in [2.05, 4.69) is 50.4 Å². The molecule has 10 heteroatoms. The van der Waals surface area contributed by atoms with Crippen LogP contribution in [0.3, 0.4) is 0 Å². The second kappa shape index (κ2) is 16.3. The van der Waals surface area contributed by atoms with Gasteiger partial charge in [0.25, 0.3) is 0 Å². The number of amides is 1. The highest BCUT2D eigenvalue weighted by molar-refractivity contribution is 6.00. The molecule has 4 atom stereocenters. The van der Waals surface area contributed by atoms with Gasteiger partial charge in [0.2, 0.25) is 10.5 Å². The number of carbonyl (C=O) groups excluding carboxylic acids is 1. The van der Waals surface area contributed by atoms with E-state index in [0.717, 1.165) is 12.0 Å². The molecule has 1 aromatic carbocycles. The minimum absolute atomic E-state index is 0.117. The van der Waals surface area contributed by atoms with E-state index in [9.17, 15) is 14.7 Å². The number of methoxy groups -OCH3 is 2. The Kier molecular flexibility index (Phi) is 14.7. The van der Waals surface area contributed by atoms with Gasteiger partial charge in [-0.25, -0.2) is 9.59 Å². The van der Waals surface area contributed by atoms with Crippen molar-refractivity contribution in [1.82, 2.24) is 5.32 Å². The summed E-state index contributed by atoms with van der Waals surface area (Å²) in [6, 6.07) is 5.53. The highest BCUT2D eigenvalue weighted by atomic mass is 28.2. The van der Waals surface area contributed by atoms with E-state index in [1.807, 2.05) is 52.8 Å². The smallest absolute Gasteiger partial charge is 0.407 e. The monoisotopic (exact) mass is 636 g/mol. The third kappa shape index (κ3) is 10.9. The van der Waals surface area contributed by atoms with Crippen molar-refractivity contribution >= 4 is 22.5 Å². The second-order valence-corrected chi connectivity index (χ2v) is 15.1. The largest absolute Gasteiger partial charge is 0.493 e. The summed E-state index contributed by atoms with van der Waals surface area (Å²) in [5, 5.41) is 13.5. The molecule has 1 aromatic rings. The molecule has 0 saturated carbocycles. The molecule has 0 heterocycles. The molecule has 2 N–H and O–H groups in total. The summed E-state index contributed by atoms with van der Waals surface area (Å²) < 4.78 is 28.0. The van der Waals surface area contributed by atoms with Crippen molar-refractivity contribution in [2.24, 2.45) is 28.6 Å². The van der Waals surface area contributed by atoms with Gasteiger partial charge in [0.1, 0.15) is 5.60 Å². The van der Waals surface area contributed by atoms with E-state index in [1.165, 1.54) is 0 Å². The lowest BCUT2D eigenvalue weighted by atomic mass is 9.55. The maximum Gasteiger partial charge on any atom is 0.407 e. The highest BCUT2D eigenvalue weighted by Crippen LogP contribution is 2.51. The maximum absolute atomic E-state index is 13.3. The summed E-state index contributed by atoms with van der Waals surface area (Å²) in [5.41, 5.74) is -2.62.